The lowest BCUT2D eigenvalue weighted by Gasteiger charge is -2.19. The lowest BCUT2D eigenvalue weighted by molar-refractivity contribution is -0.137. The standard InChI is InChI=1S/C24H19F3N2O/c1-15(30)19-7-2-3-8-20(19)17-10-11-21-22(14-17)29-23(28-21)12-9-16-5-4-6-18(13-16)24(25,26)27/h4-8,10-11,13-15,30H,2-3H2,1H3,(H,28,29). The highest BCUT2D eigenvalue weighted by Crippen LogP contribution is 2.32. The number of allylic oxidation sites excluding steroid dienone is 2. The molecule has 0 spiro atoms. The van der Waals surface area contributed by atoms with Crippen molar-refractivity contribution >= 4 is 16.6 Å². The van der Waals surface area contributed by atoms with Crippen LogP contribution in [0, 0.1) is 11.8 Å². The molecule has 0 aliphatic heterocycles. The zero-order valence-corrected chi connectivity index (χ0v) is 16.2. The van der Waals surface area contributed by atoms with Crippen LogP contribution in [-0.4, -0.2) is 21.2 Å². The van der Waals surface area contributed by atoms with E-state index in [-0.39, 0.29) is 5.56 Å². The molecule has 0 fully saturated rings. The minimum Gasteiger partial charge on any atom is -0.389 e. The van der Waals surface area contributed by atoms with Crippen molar-refractivity contribution in [3.63, 3.8) is 0 Å². The molecule has 1 atom stereocenters. The molecule has 0 radical (unpaired) electrons. The Morgan fingerprint density at radius 3 is 2.63 bits per heavy atom. The van der Waals surface area contributed by atoms with Crippen molar-refractivity contribution in [1.82, 2.24) is 9.97 Å². The molecule has 6 heteroatoms. The Hall–Kier alpha value is -3.30. The molecule has 0 bridgehead atoms. The van der Waals surface area contributed by atoms with Crippen molar-refractivity contribution in [2.75, 3.05) is 0 Å². The topological polar surface area (TPSA) is 48.9 Å². The minimum absolute atomic E-state index is 0.269. The number of nitrogens with zero attached hydrogens (tertiary/aromatic N) is 1. The number of rotatable bonds is 2. The van der Waals surface area contributed by atoms with E-state index in [0.29, 0.717) is 11.3 Å². The number of halogens is 3. The molecule has 1 unspecified atom stereocenters. The van der Waals surface area contributed by atoms with Crippen molar-refractivity contribution in [2.45, 2.75) is 32.0 Å². The van der Waals surface area contributed by atoms with E-state index in [1.165, 1.54) is 12.1 Å². The molecule has 1 aliphatic carbocycles. The number of nitrogens with one attached hydrogen (secondary N) is 1. The number of alkyl halides is 3. The number of imidazole rings is 1. The number of benzene rings is 2. The van der Waals surface area contributed by atoms with Gasteiger partial charge < -0.3 is 10.1 Å². The van der Waals surface area contributed by atoms with Crippen LogP contribution in [0.3, 0.4) is 0 Å². The number of hydrogen-bond acceptors (Lipinski definition) is 2. The zero-order valence-electron chi connectivity index (χ0n) is 16.2. The SMILES string of the molecule is CC(O)C1=CCCC=C1c1ccc2nc(C#Cc3cccc(C(F)(F)F)c3)[nH]c2c1. The molecule has 3 aromatic rings. The first kappa shape index (κ1) is 20.0. The maximum absolute atomic E-state index is 12.8. The van der Waals surface area contributed by atoms with Gasteiger partial charge in [0.2, 0.25) is 0 Å². The smallest absolute Gasteiger partial charge is 0.389 e. The summed E-state index contributed by atoms with van der Waals surface area (Å²) in [6.07, 6.45) is 1.05. The van der Waals surface area contributed by atoms with E-state index in [1.54, 1.807) is 6.92 Å². The lowest BCUT2D eigenvalue weighted by atomic mass is 9.89. The molecule has 4 rings (SSSR count). The fourth-order valence-electron chi connectivity index (χ4n) is 3.52. The first-order valence-electron chi connectivity index (χ1n) is 9.59. The van der Waals surface area contributed by atoms with Gasteiger partial charge in [0.1, 0.15) is 0 Å². The average Bonchev–Trinajstić information content (AvgIpc) is 3.14. The molecule has 1 aromatic heterocycles. The Labute approximate surface area is 172 Å². The van der Waals surface area contributed by atoms with Crippen molar-refractivity contribution in [2.24, 2.45) is 0 Å². The highest BCUT2D eigenvalue weighted by molar-refractivity contribution is 5.87. The number of H-pyrrole nitrogens is 1. The van der Waals surface area contributed by atoms with E-state index in [1.807, 2.05) is 18.2 Å². The average molecular weight is 408 g/mol. The summed E-state index contributed by atoms with van der Waals surface area (Å²) >= 11 is 0. The Morgan fingerprint density at radius 2 is 1.87 bits per heavy atom. The largest absolute Gasteiger partial charge is 0.416 e. The van der Waals surface area contributed by atoms with Crippen LogP contribution >= 0.6 is 0 Å². The molecular weight excluding hydrogens is 389 g/mol. The number of hydrogen-bond donors (Lipinski definition) is 2. The quantitative estimate of drug-likeness (QED) is 0.553. The molecule has 0 saturated heterocycles. The van der Waals surface area contributed by atoms with Crippen LogP contribution in [0.2, 0.25) is 0 Å². The summed E-state index contributed by atoms with van der Waals surface area (Å²) in [6, 6.07) is 10.7. The maximum Gasteiger partial charge on any atom is 0.416 e. The molecular formula is C24H19F3N2O. The van der Waals surface area contributed by atoms with Gasteiger partial charge in [-0.2, -0.15) is 13.2 Å². The van der Waals surface area contributed by atoms with Gasteiger partial charge in [-0.1, -0.05) is 30.2 Å². The molecule has 3 nitrogen and oxygen atoms in total. The Bertz CT molecular complexity index is 1220. The fraction of sp³-hybridized carbons (Fsp3) is 0.208. The molecule has 2 N–H and O–H groups in total. The fourth-order valence-corrected chi connectivity index (χ4v) is 3.52. The van der Waals surface area contributed by atoms with Crippen molar-refractivity contribution in [1.29, 1.82) is 0 Å². The van der Waals surface area contributed by atoms with Gasteiger partial charge in [0.15, 0.2) is 5.82 Å². The molecule has 0 saturated carbocycles. The molecule has 1 heterocycles. The molecule has 30 heavy (non-hydrogen) atoms. The summed E-state index contributed by atoms with van der Waals surface area (Å²) in [5.74, 6) is 5.92. The van der Waals surface area contributed by atoms with Crippen LogP contribution in [0.25, 0.3) is 16.6 Å². The summed E-state index contributed by atoms with van der Waals surface area (Å²) in [7, 11) is 0. The van der Waals surface area contributed by atoms with E-state index in [4.69, 9.17) is 0 Å². The van der Waals surface area contributed by atoms with Crippen LogP contribution in [0.15, 0.2) is 60.2 Å². The second-order valence-electron chi connectivity index (χ2n) is 7.18. The monoisotopic (exact) mass is 408 g/mol. The van der Waals surface area contributed by atoms with Gasteiger partial charge in [0, 0.05) is 5.56 Å². The van der Waals surface area contributed by atoms with Crippen LogP contribution in [0.4, 0.5) is 13.2 Å². The third-order valence-electron chi connectivity index (χ3n) is 4.95. The summed E-state index contributed by atoms with van der Waals surface area (Å²) < 4.78 is 38.5. The van der Waals surface area contributed by atoms with E-state index < -0.39 is 17.8 Å². The minimum atomic E-state index is -4.40. The summed E-state index contributed by atoms with van der Waals surface area (Å²) in [6.45, 7) is 1.75. The van der Waals surface area contributed by atoms with Crippen LogP contribution in [-0.2, 0) is 6.18 Å². The van der Waals surface area contributed by atoms with Crippen LogP contribution in [0.5, 0.6) is 0 Å². The predicted molar refractivity (Wildman–Crippen MR) is 110 cm³/mol. The van der Waals surface area contributed by atoms with Gasteiger partial charge in [-0.3, -0.25) is 0 Å². The van der Waals surface area contributed by atoms with Gasteiger partial charge in [0.05, 0.1) is 22.7 Å². The third kappa shape index (κ3) is 4.17. The van der Waals surface area contributed by atoms with Crippen molar-refractivity contribution in [3.8, 4) is 11.8 Å². The third-order valence-corrected chi connectivity index (χ3v) is 4.95. The van der Waals surface area contributed by atoms with Crippen LogP contribution in [0.1, 0.15) is 42.3 Å². The number of aromatic amines is 1. The number of fused-ring (bicyclic) bond motifs is 1. The van der Waals surface area contributed by atoms with E-state index in [9.17, 15) is 18.3 Å². The zero-order chi connectivity index (χ0) is 21.3. The highest BCUT2D eigenvalue weighted by atomic mass is 19.4. The maximum atomic E-state index is 12.8. The second-order valence-corrected chi connectivity index (χ2v) is 7.18. The normalized spacial score (nSPS) is 15.2. The van der Waals surface area contributed by atoms with Gasteiger partial charge in [-0.05, 0) is 72.7 Å². The molecule has 0 amide bonds. The number of aliphatic hydroxyl groups excluding tert-OH is 1. The summed E-state index contributed by atoms with van der Waals surface area (Å²) in [5.41, 5.74) is 3.91. The summed E-state index contributed by atoms with van der Waals surface area (Å²) in [5, 5.41) is 10.1. The van der Waals surface area contributed by atoms with E-state index in [2.05, 4.69) is 34.0 Å². The van der Waals surface area contributed by atoms with Gasteiger partial charge >= 0.3 is 6.18 Å². The van der Waals surface area contributed by atoms with E-state index >= 15 is 0 Å². The number of aromatic nitrogens is 2. The number of aliphatic hydroxyl groups is 1. The summed E-state index contributed by atoms with van der Waals surface area (Å²) in [4.78, 5) is 7.52. The molecule has 152 valence electrons. The van der Waals surface area contributed by atoms with Gasteiger partial charge in [-0.15, -0.1) is 0 Å². The first-order valence-corrected chi connectivity index (χ1v) is 9.59. The predicted octanol–water partition coefficient (Wildman–Crippen LogP) is 5.47. The lowest BCUT2D eigenvalue weighted by Crippen LogP contribution is -2.09. The Balaban J connectivity index is 1.64. The van der Waals surface area contributed by atoms with E-state index in [0.717, 1.165) is 47.2 Å². The van der Waals surface area contributed by atoms with Crippen LogP contribution < -0.4 is 0 Å². The first-order chi connectivity index (χ1) is 14.3. The molecule has 1 aliphatic rings. The Kier molecular flexibility index (Phi) is 5.23. The van der Waals surface area contributed by atoms with Crippen molar-refractivity contribution in [3.05, 3.63) is 82.7 Å². The van der Waals surface area contributed by atoms with Crippen molar-refractivity contribution < 1.29 is 18.3 Å². The Morgan fingerprint density at radius 1 is 1.07 bits per heavy atom. The van der Waals surface area contributed by atoms with Gasteiger partial charge in [0.25, 0.3) is 0 Å². The van der Waals surface area contributed by atoms with Gasteiger partial charge in [-0.25, -0.2) is 4.98 Å². The molecule has 2 aromatic carbocycles. The second kappa shape index (κ2) is 7.85. The highest BCUT2D eigenvalue weighted by Gasteiger charge is 2.30.